The van der Waals surface area contributed by atoms with Gasteiger partial charge in [-0.15, -0.1) is 0 Å². The number of ether oxygens (including phenoxy) is 2. The average molecular weight is 210 g/mol. The molecule has 0 N–H and O–H groups in total. The third-order valence-electron chi connectivity index (χ3n) is 2.22. The van der Waals surface area contributed by atoms with E-state index < -0.39 is 8.07 Å². The first-order chi connectivity index (χ1) is 6.47. The molecule has 0 aliphatic heterocycles. The Morgan fingerprint density at radius 2 is 1.29 bits per heavy atom. The number of hydrogen-bond acceptors (Lipinski definition) is 2. The summed E-state index contributed by atoms with van der Waals surface area (Å²) >= 11 is 0. The molecule has 0 spiro atoms. The molecule has 1 aromatic rings. The molecule has 78 valence electrons. The van der Waals surface area contributed by atoms with Crippen LogP contribution in [0.15, 0.2) is 18.2 Å². The zero-order valence-electron chi connectivity index (χ0n) is 9.55. The fraction of sp³-hybridized carbons (Fsp3) is 0.455. The summed E-state index contributed by atoms with van der Waals surface area (Å²) < 4.78 is 10.5. The Bertz CT molecular complexity index is 293. The monoisotopic (exact) mass is 210 g/mol. The first-order valence-corrected chi connectivity index (χ1v) is 8.21. The van der Waals surface area contributed by atoms with Crippen molar-refractivity contribution in [2.75, 3.05) is 14.2 Å². The third kappa shape index (κ3) is 2.51. The van der Waals surface area contributed by atoms with Crippen LogP contribution in [-0.4, -0.2) is 22.3 Å². The molecule has 3 heteroatoms. The van der Waals surface area contributed by atoms with E-state index in [2.05, 4.69) is 31.8 Å². The lowest BCUT2D eigenvalue weighted by Crippen LogP contribution is -2.37. The lowest BCUT2D eigenvalue weighted by atomic mass is 10.3. The number of methoxy groups -OCH3 is 2. The molecule has 0 amide bonds. The summed E-state index contributed by atoms with van der Waals surface area (Å²) in [5, 5.41) is 1.36. The summed E-state index contributed by atoms with van der Waals surface area (Å²) in [4.78, 5) is 0. The minimum atomic E-state index is -1.29. The van der Waals surface area contributed by atoms with Crippen molar-refractivity contribution in [3.8, 4) is 11.5 Å². The minimum absolute atomic E-state index is 0.877. The summed E-state index contributed by atoms with van der Waals surface area (Å²) in [5.74, 6) is 1.75. The summed E-state index contributed by atoms with van der Waals surface area (Å²) in [6, 6.07) is 6.12. The van der Waals surface area contributed by atoms with Crippen molar-refractivity contribution in [1.29, 1.82) is 0 Å². The van der Waals surface area contributed by atoms with Crippen LogP contribution in [0.5, 0.6) is 11.5 Å². The van der Waals surface area contributed by atoms with Gasteiger partial charge in [-0.3, -0.25) is 0 Å². The van der Waals surface area contributed by atoms with Gasteiger partial charge in [0.15, 0.2) is 0 Å². The first kappa shape index (κ1) is 11.1. The molecular formula is C11H18O2Si. The molecule has 0 saturated carbocycles. The van der Waals surface area contributed by atoms with E-state index in [-0.39, 0.29) is 0 Å². The van der Waals surface area contributed by atoms with E-state index in [0.717, 1.165) is 11.5 Å². The van der Waals surface area contributed by atoms with Gasteiger partial charge in [-0.25, -0.2) is 0 Å². The van der Waals surface area contributed by atoms with Gasteiger partial charge in [0, 0.05) is 6.07 Å². The molecule has 0 aliphatic rings. The molecule has 0 atom stereocenters. The largest absolute Gasteiger partial charge is 0.497 e. The molecular weight excluding hydrogens is 192 g/mol. The highest BCUT2D eigenvalue weighted by molar-refractivity contribution is 6.88. The van der Waals surface area contributed by atoms with Gasteiger partial charge in [-0.1, -0.05) is 24.8 Å². The van der Waals surface area contributed by atoms with Crippen molar-refractivity contribution >= 4 is 13.3 Å². The predicted octanol–water partition coefficient (Wildman–Crippen LogP) is 2.25. The lowest BCUT2D eigenvalue weighted by molar-refractivity contribution is 0.395. The van der Waals surface area contributed by atoms with E-state index in [1.54, 1.807) is 14.2 Å². The molecule has 1 rings (SSSR count). The fourth-order valence-corrected chi connectivity index (χ4v) is 2.39. The Kier molecular flexibility index (Phi) is 3.21. The van der Waals surface area contributed by atoms with Crippen molar-refractivity contribution in [3.05, 3.63) is 18.2 Å². The molecule has 0 aliphatic carbocycles. The maximum absolute atomic E-state index is 5.23. The van der Waals surface area contributed by atoms with Crippen LogP contribution in [0.1, 0.15) is 0 Å². The van der Waals surface area contributed by atoms with Crippen LogP contribution >= 0.6 is 0 Å². The average Bonchev–Trinajstić information content (AvgIpc) is 2.15. The van der Waals surface area contributed by atoms with E-state index in [9.17, 15) is 0 Å². The van der Waals surface area contributed by atoms with E-state index >= 15 is 0 Å². The SMILES string of the molecule is COc1cc(OC)cc([Si](C)(C)C)c1. The fourth-order valence-electron chi connectivity index (χ4n) is 1.24. The van der Waals surface area contributed by atoms with Crippen LogP contribution in [0.3, 0.4) is 0 Å². The molecule has 0 saturated heterocycles. The van der Waals surface area contributed by atoms with Crippen LogP contribution in [0.25, 0.3) is 0 Å². The van der Waals surface area contributed by atoms with Crippen molar-refractivity contribution in [3.63, 3.8) is 0 Å². The molecule has 0 heterocycles. The molecule has 0 bridgehead atoms. The maximum Gasteiger partial charge on any atom is 0.122 e. The van der Waals surface area contributed by atoms with E-state index in [1.807, 2.05) is 6.07 Å². The van der Waals surface area contributed by atoms with E-state index in [4.69, 9.17) is 9.47 Å². The number of hydrogen-bond donors (Lipinski definition) is 0. The third-order valence-corrected chi connectivity index (χ3v) is 4.24. The summed E-state index contributed by atoms with van der Waals surface area (Å²) in [6.07, 6.45) is 0. The normalized spacial score (nSPS) is 11.2. The van der Waals surface area contributed by atoms with Crippen LogP contribution < -0.4 is 14.7 Å². The summed E-state index contributed by atoms with van der Waals surface area (Å²) in [5.41, 5.74) is 0. The molecule has 0 radical (unpaired) electrons. The van der Waals surface area contributed by atoms with Crippen molar-refractivity contribution in [1.82, 2.24) is 0 Å². The van der Waals surface area contributed by atoms with Crippen molar-refractivity contribution < 1.29 is 9.47 Å². The Labute approximate surface area is 86.9 Å². The van der Waals surface area contributed by atoms with Gasteiger partial charge in [0.2, 0.25) is 0 Å². The second-order valence-electron chi connectivity index (χ2n) is 4.35. The van der Waals surface area contributed by atoms with Crippen LogP contribution in [-0.2, 0) is 0 Å². The zero-order chi connectivity index (χ0) is 10.8. The number of rotatable bonds is 3. The van der Waals surface area contributed by atoms with Gasteiger partial charge in [0.05, 0.1) is 22.3 Å². The van der Waals surface area contributed by atoms with Gasteiger partial charge in [-0.2, -0.15) is 0 Å². The standard InChI is InChI=1S/C11H18O2Si/c1-12-9-6-10(13-2)8-11(7-9)14(3,4)5/h6-8H,1-5H3. The number of benzene rings is 1. The molecule has 0 fully saturated rings. The highest BCUT2D eigenvalue weighted by Gasteiger charge is 2.18. The van der Waals surface area contributed by atoms with Gasteiger partial charge in [0.25, 0.3) is 0 Å². The molecule has 1 aromatic carbocycles. The Hall–Kier alpha value is -0.963. The highest BCUT2D eigenvalue weighted by atomic mass is 28.3. The van der Waals surface area contributed by atoms with Crippen LogP contribution in [0, 0.1) is 0 Å². The summed E-state index contributed by atoms with van der Waals surface area (Å²) in [7, 11) is 2.08. The minimum Gasteiger partial charge on any atom is -0.497 e. The van der Waals surface area contributed by atoms with Crippen molar-refractivity contribution in [2.24, 2.45) is 0 Å². The van der Waals surface area contributed by atoms with E-state index in [0.29, 0.717) is 0 Å². The molecule has 0 aromatic heterocycles. The Balaban J connectivity index is 3.17. The topological polar surface area (TPSA) is 18.5 Å². The van der Waals surface area contributed by atoms with E-state index in [1.165, 1.54) is 5.19 Å². The van der Waals surface area contributed by atoms with Crippen molar-refractivity contribution in [2.45, 2.75) is 19.6 Å². The highest BCUT2D eigenvalue weighted by Crippen LogP contribution is 2.19. The van der Waals surface area contributed by atoms with Gasteiger partial charge < -0.3 is 9.47 Å². The molecule has 0 unspecified atom stereocenters. The second kappa shape index (κ2) is 4.05. The first-order valence-electron chi connectivity index (χ1n) is 4.71. The maximum atomic E-state index is 5.23. The van der Waals surface area contributed by atoms with Gasteiger partial charge in [0.1, 0.15) is 11.5 Å². The lowest BCUT2D eigenvalue weighted by Gasteiger charge is -2.18. The summed E-state index contributed by atoms with van der Waals surface area (Å²) in [6.45, 7) is 6.92. The van der Waals surface area contributed by atoms with Crippen LogP contribution in [0.4, 0.5) is 0 Å². The Morgan fingerprint density at radius 1 is 0.857 bits per heavy atom. The predicted molar refractivity (Wildman–Crippen MR) is 62.5 cm³/mol. The second-order valence-corrected chi connectivity index (χ2v) is 9.43. The van der Waals surface area contributed by atoms with Gasteiger partial charge >= 0.3 is 0 Å². The molecule has 2 nitrogen and oxygen atoms in total. The quantitative estimate of drug-likeness (QED) is 0.712. The van der Waals surface area contributed by atoms with Gasteiger partial charge in [-0.05, 0) is 12.1 Å². The zero-order valence-corrected chi connectivity index (χ0v) is 10.5. The Morgan fingerprint density at radius 3 is 1.57 bits per heavy atom. The van der Waals surface area contributed by atoms with Crippen LogP contribution in [0.2, 0.25) is 19.6 Å². The molecule has 14 heavy (non-hydrogen) atoms. The smallest absolute Gasteiger partial charge is 0.122 e.